The van der Waals surface area contributed by atoms with Crippen LogP contribution in [0.1, 0.15) is 26.2 Å². The van der Waals surface area contributed by atoms with Gasteiger partial charge in [-0.05, 0) is 59.9 Å². The Morgan fingerprint density at radius 3 is 2.72 bits per heavy atom. The molecule has 1 aliphatic rings. The van der Waals surface area contributed by atoms with E-state index in [1.54, 1.807) is 0 Å². The Hall–Kier alpha value is -0.610. The van der Waals surface area contributed by atoms with E-state index in [2.05, 4.69) is 33.1 Å². The molecule has 0 aliphatic carbocycles. The molecule has 1 aliphatic heterocycles. The molecule has 1 fully saturated rings. The molecule has 0 saturated carbocycles. The van der Waals surface area contributed by atoms with Gasteiger partial charge in [-0.3, -0.25) is 0 Å². The van der Waals surface area contributed by atoms with Crippen LogP contribution in [0.5, 0.6) is 0 Å². The maximum atomic E-state index is 13.2. The molecule has 0 unspecified atom stereocenters. The summed E-state index contributed by atoms with van der Waals surface area (Å²) in [5.41, 5.74) is 1.11. The first kappa shape index (κ1) is 13.8. The summed E-state index contributed by atoms with van der Waals surface area (Å²) in [4.78, 5) is 2.33. The van der Waals surface area contributed by atoms with Crippen molar-refractivity contribution in [1.29, 1.82) is 0 Å². The third-order valence-corrected chi connectivity index (χ3v) is 4.05. The lowest BCUT2D eigenvalue weighted by Gasteiger charge is -2.34. The summed E-state index contributed by atoms with van der Waals surface area (Å²) >= 11 is 3.24. The number of hydrogen-bond acceptors (Lipinski definition) is 2. The fraction of sp³-hybridized carbons (Fsp3) is 0.571. The number of hydrogen-bond donors (Lipinski definition) is 1. The number of nitrogens with zero attached hydrogens (tertiary/aromatic N) is 1. The highest BCUT2D eigenvalue weighted by Gasteiger charge is 2.19. The lowest BCUT2D eigenvalue weighted by atomic mass is 10.0. The number of anilines is 1. The van der Waals surface area contributed by atoms with Crippen molar-refractivity contribution >= 4 is 21.6 Å². The van der Waals surface area contributed by atoms with Gasteiger partial charge in [0.2, 0.25) is 0 Å². The van der Waals surface area contributed by atoms with Crippen molar-refractivity contribution in [1.82, 2.24) is 5.32 Å². The Bertz CT molecular complexity index is 389. The summed E-state index contributed by atoms with van der Waals surface area (Å²) in [5, 5.41) is 3.57. The number of halogens is 2. The molecular weight excluding hydrogens is 295 g/mol. The number of nitrogens with one attached hydrogen (secondary N) is 1. The normalized spacial score (nSPS) is 17.2. The maximum Gasteiger partial charge on any atom is 0.137 e. The summed E-state index contributed by atoms with van der Waals surface area (Å²) in [6.45, 7) is 5.38. The molecule has 2 nitrogen and oxygen atoms in total. The molecule has 100 valence electrons. The van der Waals surface area contributed by atoms with Crippen LogP contribution in [0.3, 0.4) is 0 Å². The van der Waals surface area contributed by atoms with Gasteiger partial charge in [-0.15, -0.1) is 0 Å². The molecular formula is C14H20BrFN2. The van der Waals surface area contributed by atoms with Gasteiger partial charge in [0.25, 0.3) is 0 Å². The van der Waals surface area contributed by atoms with Crippen LogP contribution in [0.4, 0.5) is 10.1 Å². The Balaban J connectivity index is 1.90. The fourth-order valence-corrected chi connectivity index (χ4v) is 2.74. The van der Waals surface area contributed by atoms with Crippen LogP contribution >= 0.6 is 15.9 Å². The van der Waals surface area contributed by atoms with Crippen molar-refractivity contribution in [2.45, 2.75) is 32.2 Å². The van der Waals surface area contributed by atoms with E-state index in [1.165, 1.54) is 12.5 Å². The Morgan fingerprint density at radius 2 is 2.11 bits per heavy atom. The zero-order chi connectivity index (χ0) is 13.0. The van der Waals surface area contributed by atoms with Crippen molar-refractivity contribution < 1.29 is 4.39 Å². The highest BCUT2D eigenvalue weighted by molar-refractivity contribution is 9.10. The molecule has 0 aromatic heterocycles. The monoisotopic (exact) mass is 314 g/mol. The van der Waals surface area contributed by atoms with Crippen LogP contribution in [0, 0.1) is 5.82 Å². The molecule has 4 heteroatoms. The van der Waals surface area contributed by atoms with Gasteiger partial charge < -0.3 is 10.2 Å². The van der Waals surface area contributed by atoms with E-state index < -0.39 is 0 Å². The first-order chi connectivity index (χ1) is 8.70. The van der Waals surface area contributed by atoms with Crippen molar-refractivity contribution in [3.8, 4) is 0 Å². The molecule has 0 bridgehead atoms. The maximum absolute atomic E-state index is 13.2. The lowest BCUT2D eigenvalue weighted by molar-refractivity contribution is 0.416. The van der Waals surface area contributed by atoms with Gasteiger partial charge >= 0.3 is 0 Å². The molecule has 1 heterocycles. The van der Waals surface area contributed by atoms with E-state index in [-0.39, 0.29) is 5.82 Å². The Morgan fingerprint density at radius 1 is 1.39 bits per heavy atom. The highest BCUT2D eigenvalue weighted by Crippen LogP contribution is 2.25. The summed E-state index contributed by atoms with van der Waals surface area (Å²) in [7, 11) is 0. The number of piperidine rings is 1. The zero-order valence-electron chi connectivity index (χ0n) is 10.8. The molecule has 1 saturated heterocycles. The van der Waals surface area contributed by atoms with E-state index in [4.69, 9.17) is 0 Å². The summed E-state index contributed by atoms with van der Waals surface area (Å²) in [6, 6.07) is 5.90. The van der Waals surface area contributed by atoms with E-state index >= 15 is 0 Å². The SMILES string of the molecule is CCCNC1CCN(c2ccc(F)c(Br)c2)CC1. The standard InChI is InChI=1S/C14H20BrFN2/c1-2-7-17-11-5-8-18(9-6-11)12-3-4-14(16)13(15)10-12/h3-4,10-11,17H,2,5-9H2,1H3. The quantitative estimate of drug-likeness (QED) is 0.914. The highest BCUT2D eigenvalue weighted by atomic mass is 79.9. The van der Waals surface area contributed by atoms with E-state index in [9.17, 15) is 4.39 Å². The molecule has 2 rings (SSSR count). The largest absolute Gasteiger partial charge is 0.371 e. The summed E-state index contributed by atoms with van der Waals surface area (Å²) in [6.07, 6.45) is 3.51. The Kier molecular flexibility index (Phi) is 5.01. The average Bonchev–Trinajstić information content (AvgIpc) is 2.40. The minimum absolute atomic E-state index is 0.196. The second kappa shape index (κ2) is 6.53. The fourth-order valence-electron chi connectivity index (χ4n) is 2.37. The van der Waals surface area contributed by atoms with Crippen LogP contribution in [-0.4, -0.2) is 25.7 Å². The first-order valence-electron chi connectivity index (χ1n) is 6.64. The number of benzene rings is 1. The first-order valence-corrected chi connectivity index (χ1v) is 7.43. The van der Waals surface area contributed by atoms with Gasteiger partial charge in [-0.2, -0.15) is 0 Å². The van der Waals surface area contributed by atoms with E-state index in [1.807, 2.05) is 12.1 Å². The Labute approximate surface area is 117 Å². The van der Waals surface area contributed by atoms with Crippen LogP contribution in [-0.2, 0) is 0 Å². The molecule has 0 radical (unpaired) electrons. The van der Waals surface area contributed by atoms with E-state index in [0.29, 0.717) is 10.5 Å². The number of rotatable bonds is 4. The van der Waals surface area contributed by atoms with Gasteiger partial charge in [0.1, 0.15) is 5.82 Å². The topological polar surface area (TPSA) is 15.3 Å². The summed E-state index contributed by atoms with van der Waals surface area (Å²) in [5.74, 6) is -0.196. The molecule has 0 spiro atoms. The van der Waals surface area contributed by atoms with Crippen molar-refractivity contribution in [2.24, 2.45) is 0 Å². The predicted octanol–water partition coefficient (Wildman–Crippen LogP) is 3.56. The smallest absolute Gasteiger partial charge is 0.137 e. The third kappa shape index (κ3) is 3.45. The van der Waals surface area contributed by atoms with Crippen molar-refractivity contribution in [3.05, 3.63) is 28.5 Å². The minimum atomic E-state index is -0.196. The van der Waals surface area contributed by atoms with Crippen molar-refractivity contribution in [3.63, 3.8) is 0 Å². The second-order valence-corrected chi connectivity index (χ2v) is 5.67. The van der Waals surface area contributed by atoms with Gasteiger partial charge in [0.15, 0.2) is 0 Å². The van der Waals surface area contributed by atoms with Gasteiger partial charge in [-0.1, -0.05) is 6.92 Å². The summed E-state index contributed by atoms with van der Waals surface area (Å²) < 4.78 is 13.7. The van der Waals surface area contributed by atoms with E-state index in [0.717, 1.165) is 38.2 Å². The lowest BCUT2D eigenvalue weighted by Crippen LogP contribution is -2.42. The molecule has 1 aromatic rings. The second-order valence-electron chi connectivity index (χ2n) is 4.81. The molecule has 0 atom stereocenters. The van der Waals surface area contributed by atoms with Gasteiger partial charge in [0, 0.05) is 24.8 Å². The van der Waals surface area contributed by atoms with Crippen LogP contribution < -0.4 is 10.2 Å². The average molecular weight is 315 g/mol. The van der Waals surface area contributed by atoms with Gasteiger partial charge in [-0.25, -0.2) is 4.39 Å². The molecule has 0 amide bonds. The van der Waals surface area contributed by atoms with Crippen molar-refractivity contribution in [2.75, 3.05) is 24.5 Å². The predicted molar refractivity (Wildman–Crippen MR) is 77.6 cm³/mol. The van der Waals surface area contributed by atoms with Crippen LogP contribution in [0.25, 0.3) is 0 Å². The zero-order valence-corrected chi connectivity index (χ0v) is 12.3. The van der Waals surface area contributed by atoms with Gasteiger partial charge in [0.05, 0.1) is 4.47 Å². The molecule has 1 aromatic carbocycles. The molecule has 18 heavy (non-hydrogen) atoms. The van der Waals surface area contributed by atoms with Crippen LogP contribution in [0.15, 0.2) is 22.7 Å². The third-order valence-electron chi connectivity index (χ3n) is 3.45. The molecule has 1 N–H and O–H groups in total. The minimum Gasteiger partial charge on any atom is -0.371 e. The van der Waals surface area contributed by atoms with Crippen LogP contribution in [0.2, 0.25) is 0 Å².